The third kappa shape index (κ3) is 3.24. The highest BCUT2D eigenvalue weighted by Crippen LogP contribution is 2.42. The first-order valence-corrected chi connectivity index (χ1v) is 7.81. The minimum atomic E-state index is 0.479. The quantitative estimate of drug-likeness (QED) is 0.831. The van der Waals surface area contributed by atoms with Crippen LogP contribution in [0.3, 0.4) is 0 Å². The minimum Gasteiger partial charge on any atom is -0.313 e. The molecule has 0 saturated heterocycles. The van der Waals surface area contributed by atoms with Gasteiger partial charge in [-0.25, -0.2) is 0 Å². The third-order valence-electron chi connectivity index (χ3n) is 4.07. The number of rotatable bonds is 5. The molecule has 1 nitrogen and oxygen atoms in total. The SMILES string of the molecule is CCNC(Cc1ccc(Cl)s1)C1(C)CCCC1. The molecule has 3 heteroatoms. The first-order chi connectivity index (χ1) is 8.14. The highest BCUT2D eigenvalue weighted by atomic mass is 35.5. The topological polar surface area (TPSA) is 12.0 Å². The van der Waals surface area contributed by atoms with Gasteiger partial charge in [-0.15, -0.1) is 11.3 Å². The highest BCUT2D eigenvalue weighted by Gasteiger charge is 2.36. The second-order valence-corrected chi connectivity index (χ2v) is 7.18. The summed E-state index contributed by atoms with van der Waals surface area (Å²) >= 11 is 7.74. The number of hydrogen-bond acceptors (Lipinski definition) is 2. The van der Waals surface area contributed by atoms with Gasteiger partial charge in [0.05, 0.1) is 4.34 Å². The Labute approximate surface area is 114 Å². The van der Waals surface area contributed by atoms with Gasteiger partial charge in [-0.1, -0.05) is 38.3 Å². The molecule has 0 bridgehead atoms. The molecule has 1 aliphatic carbocycles. The summed E-state index contributed by atoms with van der Waals surface area (Å²) in [5, 5.41) is 3.69. The van der Waals surface area contributed by atoms with Gasteiger partial charge in [0.1, 0.15) is 0 Å². The molecule has 17 heavy (non-hydrogen) atoms. The molecule has 0 radical (unpaired) electrons. The molecule has 1 unspecified atom stereocenters. The molecule has 1 heterocycles. The van der Waals surface area contributed by atoms with Gasteiger partial charge in [0, 0.05) is 10.9 Å². The number of thiophene rings is 1. The summed E-state index contributed by atoms with van der Waals surface area (Å²) in [5.74, 6) is 0. The van der Waals surface area contributed by atoms with E-state index in [1.165, 1.54) is 30.6 Å². The molecular weight excluding hydrogens is 250 g/mol. The Morgan fingerprint density at radius 3 is 2.65 bits per heavy atom. The van der Waals surface area contributed by atoms with Crippen molar-refractivity contribution in [3.63, 3.8) is 0 Å². The Morgan fingerprint density at radius 1 is 1.41 bits per heavy atom. The molecule has 1 saturated carbocycles. The van der Waals surface area contributed by atoms with Crippen LogP contribution < -0.4 is 5.32 Å². The van der Waals surface area contributed by atoms with Crippen LogP contribution >= 0.6 is 22.9 Å². The van der Waals surface area contributed by atoms with E-state index in [1.807, 2.05) is 6.07 Å². The van der Waals surface area contributed by atoms with Crippen LogP contribution in [0.15, 0.2) is 12.1 Å². The summed E-state index contributed by atoms with van der Waals surface area (Å²) in [5.41, 5.74) is 0.479. The monoisotopic (exact) mass is 271 g/mol. The molecule has 96 valence electrons. The van der Waals surface area contributed by atoms with E-state index in [-0.39, 0.29) is 0 Å². The first kappa shape index (κ1) is 13.4. The lowest BCUT2D eigenvalue weighted by atomic mass is 9.79. The van der Waals surface area contributed by atoms with Crippen LogP contribution in [0.5, 0.6) is 0 Å². The maximum Gasteiger partial charge on any atom is 0.0931 e. The lowest BCUT2D eigenvalue weighted by Gasteiger charge is -2.34. The molecule has 1 aromatic rings. The average molecular weight is 272 g/mol. The number of halogens is 1. The molecule has 1 aliphatic rings. The molecule has 0 spiro atoms. The van der Waals surface area contributed by atoms with Gasteiger partial charge in [-0.3, -0.25) is 0 Å². The van der Waals surface area contributed by atoms with Crippen LogP contribution in [-0.4, -0.2) is 12.6 Å². The van der Waals surface area contributed by atoms with Crippen LogP contribution in [0.1, 0.15) is 44.4 Å². The number of nitrogens with one attached hydrogen (secondary N) is 1. The summed E-state index contributed by atoms with van der Waals surface area (Å²) in [6, 6.07) is 4.79. The predicted octanol–water partition coefficient (Wildman–Crippen LogP) is 4.50. The van der Waals surface area contributed by atoms with Crippen molar-refractivity contribution in [1.29, 1.82) is 0 Å². The van der Waals surface area contributed by atoms with Crippen molar-refractivity contribution in [3.8, 4) is 0 Å². The van der Waals surface area contributed by atoms with Crippen LogP contribution in [-0.2, 0) is 6.42 Å². The Balaban J connectivity index is 2.06. The predicted molar refractivity (Wildman–Crippen MR) is 77.1 cm³/mol. The van der Waals surface area contributed by atoms with Gasteiger partial charge in [0.15, 0.2) is 0 Å². The second-order valence-electron chi connectivity index (χ2n) is 5.38. The van der Waals surface area contributed by atoms with Gasteiger partial charge < -0.3 is 5.32 Å². The average Bonchev–Trinajstić information content (AvgIpc) is 2.88. The molecule has 0 aromatic carbocycles. The summed E-state index contributed by atoms with van der Waals surface area (Å²) in [6.45, 7) is 5.70. The second kappa shape index (κ2) is 5.73. The molecule has 1 fully saturated rings. The molecule has 1 N–H and O–H groups in total. The van der Waals surface area contributed by atoms with E-state index in [4.69, 9.17) is 11.6 Å². The van der Waals surface area contributed by atoms with Crippen molar-refractivity contribution in [2.45, 2.75) is 52.0 Å². The van der Waals surface area contributed by atoms with Crippen molar-refractivity contribution in [2.24, 2.45) is 5.41 Å². The number of hydrogen-bond donors (Lipinski definition) is 1. The zero-order valence-corrected chi connectivity index (χ0v) is 12.3. The summed E-state index contributed by atoms with van der Waals surface area (Å²) in [4.78, 5) is 1.41. The van der Waals surface area contributed by atoms with E-state index < -0.39 is 0 Å². The molecule has 0 amide bonds. The van der Waals surface area contributed by atoms with E-state index in [0.29, 0.717) is 11.5 Å². The standard InChI is InChI=1S/C14H22ClNS/c1-3-16-12(14(2)8-4-5-9-14)10-11-6-7-13(15)17-11/h6-7,12,16H,3-5,8-10H2,1-2H3. The number of likely N-dealkylation sites (N-methyl/N-ethyl adjacent to an activating group) is 1. The third-order valence-corrected chi connectivity index (χ3v) is 5.33. The molecule has 1 aromatic heterocycles. The lowest BCUT2D eigenvalue weighted by Crippen LogP contribution is -2.43. The van der Waals surface area contributed by atoms with Crippen molar-refractivity contribution in [2.75, 3.05) is 6.54 Å². The zero-order valence-electron chi connectivity index (χ0n) is 10.8. The van der Waals surface area contributed by atoms with Gasteiger partial charge in [-0.2, -0.15) is 0 Å². The fraction of sp³-hybridized carbons (Fsp3) is 0.714. The molecule has 2 rings (SSSR count). The smallest absolute Gasteiger partial charge is 0.0931 e. The van der Waals surface area contributed by atoms with E-state index in [1.54, 1.807) is 11.3 Å². The van der Waals surface area contributed by atoms with E-state index in [2.05, 4.69) is 25.2 Å². The Bertz CT molecular complexity index is 355. The van der Waals surface area contributed by atoms with Crippen molar-refractivity contribution in [1.82, 2.24) is 5.32 Å². The molecule has 1 atom stereocenters. The van der Waals surface area contributed by atoms with E-state index >= 15 is 0 Å². The van der Waals surface area contributed by atoms with Gasteiger partial charge in [0.2, 0.25) is 0 Å². The maximum atomic E-state index is 6.01. The Kier molecular flexibility index (Phi) is 4.51. The summed E-state index contributed by atoms with van der Waals surface area (Å²) in [7, 11) is 0. The summed E-state index contributed by atoms with van der Waals surface area (Å²) in [6.07, 6.45) is 6.64. The van der Waals surface area contributed by atoms with Crippen LogP contribution in [0.4, 0.5) is 0 Å². The van der Waals surface area contributed by atoms with Gasteiger partial charge >= 0.3 is 0 Å². The van der Waals surface area contributed by atoms with Gasteiger partial charge in [0.25, 0.3) is 0 Å². The Hall–Kier alpha value is -0.0500. The Morgan fingerprint density at radius 2 is 2.12 bits per heavy atom. The highest BCUT2D eigenvalue weighted by molar-refractivity contribution is 7.16. The zero-order chi connectivity index (χ0) is 12.3. The lowest BCUT2D eigenvalue weighted by molar-refractivity contribution is 0.223. The fourth-order valence-electron chi connectivity index (χ4n) is 3.01. The molecule has 0 aliphatic heterocycles. The fourth-order valence-corrected chi connectivity index (χ4v) is 4.14. The van der Waals surface area contributed by atoms with Crippen molar-refractivity contribution >= 4 is 22.9 Å². The normalized spacial score (nSPS) is 20.6. The summed E-state index contributed by atoms with van der Waals surface area (Å²) < 4.78 is 0.909. The minimum absolute atomic E-state index is 0.479. The van der Waals surface area contributed by atoms with E-state index in [0.717, 1.165) is 17.3 Å². The van der Waals surface area contributed by atoms with Gasteiger partial charge in [-0.05, 0) is 43.4 Å². The maximum absolute atomic E-state index is 6.01. The first-order valence-electron chi connectivity index (χ1n) is 6.61. The van der Waals surface area contributed by atoms with Crippen LogP contribution in [0.25, 0.3) is 0 Å². The van der Waals surface area contributed by atoms with Crippen LogP contribution in [0, 0.1) is 5.41 Å². The van der Waals surface area contributed by atoms with Crippen molar-refractivity contribution < 1.29 is 0 Å². The van der Waals surface area contributed by atoms with E-state index in [9.17, 15) is 0 Å². The van der Waals surface area contributed by atoms with Crippen molar-refractivity contribution in [3.05, 3.63) is 21.3 Å². The largest absolute Gasteiger partial charge is 0.313 e. The molecular formula is C14H22ClNS. The van der Waals surface area contributed by atoms with Crippen LogP contribution in [0.2, 0.25) is 4.34 Å².